The maximum absolute atomic E-state index is 12.3. The van der Waals surface area contributed by atoms with E-state index >= 15 is 0 Å². The van der Waals surface area contributed by atoms with Crippen LogP contribution in [0.3, 0.4) is 0 Å². The van der Waals surface area contributed by atoms with Gasteiger partial charge in [0, 0.05) is 37.4 Å². The molecule has 1 aromatic rings. The van der Waals surface area contributed by atoms with Gasteiger partial charge < -0.3 is 5.32 Å². The second-order valence-electron chi connectivity index (χ2n) is 4.71. The van der Waals surface area contributed by atoms with Gasteiger partial charge in [-0.15, -0.1) is 0 Å². The lowest BCUT2D eigenvalue weighted by molar-refractivity contribution is 0.481. The topological polar surface area (TPSA) is 78.1 Å². The van der Waals surface area contributed by atoms with Gasteiger partial charge in [-0.3, -0.25) is 5.10 Å². The highest BCUT2D eigenvalue weighted by Crippen LogP contribution is 2.23. The summed E-state index contributed by atoms with van der Waals surface area (Å²) in [4.78, 5) is 0. The van der Waals surface area contributed by atoms with Gasteiger partial charge in [0.2, 0.25) is 0 Å². The SMILES string of the molecule is CCN(C)S(=O)(=O)c1n[nH]c(C)c1CNC1CC1. The van der Waals surface area contributed by atoms with Gasteiger partial charge in [-0.05, 0) is 19.8 Å². The van der Waals surface area contributed by atoms with E-state index in [4.69, 9.17) is 0 Å². The van der Waals surface area contributed by atoms with Crippen molar-refractivity contribution in [2.45, 2.75) is 44.3 Å². The molecule has 1 saturated carbocycles. The van der Waals surface area contributed by atoms with Gasteiger partial charge in [0.25, 0.3) is 10.0 Å². The average molecular weight is 272 g/mol. The summed E-state index contributed by atoms with van der Waals surface area (Å²) in [5, 5.41) is 10.2. The first-order valence-corrected chi connectivity index (χ1v) is 7.64. The molecule has 0 unspecified atom stereocenters. The number of hydrogen-bond donors (Lipinski definition) is 2. The Hall–Kier alpha value is -0.920. The van der Waals surface area contributed by atoms with Crippen molar-refractivity contribution in [3.05, 3.63) is 11.3 Å². The zero-order valence-corrected chi connectivity index (χ0v) is 11.8. The van der Waals surface area contributed by atoms with E-state index in [1.165, 1.54) is 17.1 Å². The van der Waals surface area contributed by atoms with Crippen molar-refractivity contribution in [1.82, 2.24) is 19.8 Å². The fraction of sp³-hybridized carbons (Fsp3) is 0.727. The van der Waals surface area contributed by atoms with Crippen LogP contribution in [0.4, 0.5) is 0 Å². The Morgan fingerprint density at radius 1 is 1.50 bits per heavy atom. The summed E-state index contributed by atoms with van der Waals surface area (Å²) in [6, 6.07) is 0.541. The zero-order chi connectivity index (χ0) is 13.3. The zero-order valence-electron chi connectivity index (χ0n) is 11.0. The maximum atomic E-state index is 12.3. The van der Waals surface area contributed by atoms with Crippen LogP contribution in [0.1, 0.15) is 31.0 Å². The molecule has 1 heterocycles. The minimum Gasteiger partial charge on any atom is -0.310 e. The Bertz CT molecular complexity index is 519. The molecular formula is C11H20N4O2S. The number of hydrogen-bond acceptors (Lipinski definition) is 4. The number of sulfonamides is 1. The molecule has 1 aliphatic carbocycles. The molecule has 2 N–H and O–H groups in total. The second kappa shape index (κ2) is 4.99. The summed E-state index contributed by atoms with van der Waals surface area (Å²) in [7, 11) is -1.91. The van der Waals surface area contributed by atoms with Gasteiger partial charge in [0.15, 0.2) is 5.03 Å². The van der Waals surface area contributed by atoms with E-state index in [0.29, 0.717) is 19.1 Å². The van der Waals surface area contributed by atoms with Gasteiger partial charge in [-0.25, -0.2) is 8.42 Å². The Labute approximate surface area is 108 Å². The number of aryl methyl sites for hydroxylation is 1. The summed E-state index contributed by atoms with van der Waals surface area (Å²) in [5.74, 6) is 0. The molecule has 0 saturated heterocycles. The van der Waals surface area contributed by atoms with Crippen LogP contribution in [0.25, 0.3) is 0 Å². The second-order valence-corrected chi connectivity index (χ2v) is 6.67. The van der Waals surface area contributed by atoms with Crippen LogP contribution in [0.5, 0.6) is 0 Å². The Morgan fingerprint density at radius 2 is 2.17 bits per heavy atom. The predicted molar refractivity (Wildman–Crippen MR) is 68.7 cm³/mol. The Morgan fingerprint density at radius 3 is 2.72 bits per heavy atom. The first-order valence-electron chi connectivity index (χ1n) is 6.20. The fourth-order valence-electron chi connectivity index (χ4n) is 1.70. The fourth-order valence-corrected chi connectivity index (χ4v) is 3.04. The molecule has 1 aromatic heterocycles. The first kappa shape index (κ1) is 13.5. The summed E-state index contributed by atoms with van der Waals surface area (Å²) in [6.45, 7) is 4.64. The van der Waals surface area contributed by atoms with E-state index in [-0.39, 0.29) is 5.03 Å². The molecule has 2 rings (SSSR count). The molecule has 0 radical (unpaired) electrons. The smallest absolute Gasteiger partial charge is 0.262 e. The van der Waals surface area contributed by atoms with Crippen molar-refractivity contribution in [2.75, 3.05) is 13.6 Å². The molecule has 1 fully saturated rings. The van der Waals surface area contributed by atoms with E-state index in [0.717, 1.165) is 11.3 Å². The normalized spacial score (nSPS) is 16.4. The molecule has 102 valence electrons. The lowest BCUT2D eigenvalue weighted by Crippen LogP contribution is -2.28. The van der Waals surface area contributed by atoms with Crippen molar-refractivity contribution in [3.8, 4) is 0 Å². The molecule has 0 amide bonds. The van der Waals surface area contributed by atoms with Gasteiger partial charge >= 0.3 is 0 Å². The van der Waals surface area contributed by atoms with E-state index in [1.54, 1.807) is 14.0 Å². The third-order valence-electron chi connectivity index (χ3n) is 3.28. The molecular weight excluding hydrogens is 252 g/mol. The summed E-state index contributed by atoms with van der Waals surface area (Å²) in [5.41, 5.74) is 1.56. The lowest BCUT2D eigenvalue weighted by Gasteiger charge is -2.14. The van der Waals surface area contributed by atoms with Crippen molar-refractivity contribution < 1.29 is 8.42 Å². The maximum Gasteiger partial charge on any atom is 0.262 e. The van der Waals surface area contributed by atoms with E-state index in [1.807, 2.05) is 6.92 Å². The molecule has 0 bridgehead atoms. The quantitative estimate of drug-likeness (QED) is 0.795. The van der Waals surface area contributed by atoms with Gasteiger partial charge in [0.1, 0.15) is 0 Å². The van der Waals surface area contributed by atoms with Crippen LogP contribution in [-0.4, -0.2) is 42.6 Å². The summed E-state index contributed by atoms with van der Waals surface area (Å²) in [6.07, 6.45) is 2.35. The monoisotopic (exact) mass is 272 g/mol. The van der Waals surface area contributed by atoms with E-state index < -0.39 is 10.0 Å². The largest absolute Gasteiger partial charge is 0.310 e. The van der Waals surface area contributed by atoms with Crippen molar-refractivity contribution >= 4 is 10.0 Å². The van der Waals surface area contributed by atoms with Crippen LogP contribution in [0, 0.1) is 6.92 Å². The highest BCUT2D eigenvalue weighted by atomic mass is 32.2. The number of rotatable bonds is 6. The molecule has 0 aromatic carbocycles. The van der Waals surface area contributed by atoms with Crippen molar-refractivity contribution in [3.63, 3.8) is 0 Å². The van der Waals surface area contributed by atoms with Crippen LogP contribution in [0.15, 0.2) is 5.03 Å². The summed E-state index contributed by atoms with van der Waals surface area (Å²) >= 11 is 0. The van der Waals surface area contributed by atoms with Gasteiger partial charge in [-0.1, -0.05) is 6.92 Å². The molecule has 0 aliphatic heterocycles. The number of aromatic nitrogens is 2. The van der Waals surface area contributed by atoms with Crippen LogP contribution < -0.4 is 5.32 Å². The lowest BCUT2D eigenvalue weighted by atomic mass is 10.2. The van der Waals surface area contributed by atoms with Crippen molar-refractivity contribution in [1.29, 1.82) is 0 Å². The summed E-state index contributed by atoms with van der Waals surface area (Å²) < 4.78 is 25.9. The third kappa shape index (κ3) is 2.57. The van der Waals surface area contributed by atoms with Crippen molar-refractivity contribution in [2.24, 2.45) is 0 Å². The minimum absolute atomic E-state index is 0.150. The first-order chi connectivity index (χ1) is 8.46. The van der Waals surface area contributed by atoms with Gasteiger partial charge in [-0.2, -0.15) is 9.40 Å². The van der Waals surface area contributed by atoms with E-state index in [2.05, 4.69) is 15.5 Å². The number of H-pyrrole nitrogens is 1. The molecule has 18 heavy (non-hydrogen) atoms. The highest BCUT2D eigenvalue weighted by Gasteiger charge is 2.28. The third-order valence-corrected chi connectivity index (χ3v) is 5.19. The number of aromatic amines is 1. The van der Waals surface area contributed by atoms with Crippen LogP contribution >= 0.6 is 0 Å². The molecule has 6 nitrogen and oxygen atoms in total. The Balaban J connectivity index is 2.26. The number of nitrogens with zero attached hydrogens (tertiary/aromatic N) is 2. The van der Waals surface area contributed by atoms with Crippen LogP contribution in [-0.2, 0) is 16.6 Å². The molecule has 7 heteroatoms. The Kier molecular flexibility index (Phi) is 3.74. The van der Waals surface area contributed by atoms with Crippen LogP contribution in [0.2, 0.25) is 0 Å². The predicted octanol–water partition coefficient (Wildman–Crippen LogP) is 0.611. The standard InChI is InChI=1S/C11H20N4O2S/c1-4-15(3)18(16,17)11-10(8(2)13-14-11)7-12-9-5-6-9/h9,12H,4-7H2,1-3H3,(H,13,14). The average Bonchev–Trinajstić information content (AvgIpc) is 3.09. The molecule has 0 spiro atoms. The van der Waals surface area contributed by atoms with E-state index in [9.17, 15) is 8.42 Å². The number of nitrogens with one attached hydrogen (secondary N) is 2. The highest BCUT2D eigenvalue weighted by molar-refractivity contribution is 7.89. The van der Waals surface area contributed by atoms with Gasteiger partial charge in [0.05, 0.1) is 0 Å². The molecule has 0 atom stereocenters. The molecule has 1 aliphatic rings. The minimum atomic E-state index is -3.48.